The molecule has 0 radical (unpaired) electrons. The van der Waals surface area contributed by atoms with Crippen LogP contribution >= 0.6 is 56.4 Å². The summed E-state index contributed by atoms with van der Waals surface area (Å²) < 4.78 is 46.8. The second kappa shape index (κ2) is 39.4. The second-order valence-electron chi connectivity index (χ2n) is 30.2. The molecule has 4 aromatic carbocycles. The van der Waals surface area contributed by atoms with Crippen LogP contribution in [0.3, 0.4) is 0 Å². The zero-order valence-electron chi connectivity index (χ0n) is 62.9. The van der Waals surface area contributed by atoms with Crippen molar-refractivity contribution in [2.75, 3.05) is 33.6 Å². The summed E-state index contributed by atoms with van der Waals surface area (Å²) in [5, 5.41) is 11.9. The van der Waals surface area contributed by atoms with E-state index in [1.165, 1.54) is 31.9 Å². The monoisotopic (exact) mass is 1550 g/mol. The van der Waals surface area contributed by atoms with Crippen LogP contribution in [0, 0.1) is 34.5 Å². The molecule has 0 unspecified atom stereocenters. The highest BCUT2D eigenvalue weighted by Gasteiger charge is 2.50. The van der Waals surface area contributed by atoms with Crippen LogP contribution in [0.4, 0.5) is 0 Å². The van der Waals surface area contributed by atoms with Gasteiger partial charge >= 0.3 is 23.9 Å². The Labute approximate surface area is 642 Å². The maximum absolute atomic E-state index is 13.8. The molecule has 8 rings (SSSR count). The lowest BCUT2D eigenvalue weighted by molar-refractivity contribution is -0.179. The van der Waals surface area contributed by atoms with Gasteiger partial charge in [0.05, 0.1) is 47.3 Å². The Morgan fingerprint density at radius 2 is 0.952 bits per heavy atom. The molecule has 0 aliphatic carbocycles. The van der Waals surface area contributed by atoms with Crippen LogP contribution in [0.15, 0.2) is 109 Å². The molecular weight excluding hydrogens is 1440 g/mol. The Bertz CT molecular complexity index is 3700. The van der Waals surface area contributed by atoms with Crippen molar-refractivity contribution in [3.63, 3.8) is 0 Å². The predicted octanol–water partition coefficient (Wildman–Crippen LogP) is 14.1. The molecule has 4 aliphatic rings. The molecule has 2 saturated heterocycles. The van der Waals surface area contributed by atoms with E-state index in [4.69, 9.17) is 72.7 Å². The first-order chi connectivity index (χ1) is 49.6. The normalized spacial score (nSPS) is 25.4. The van der Waals surface area contributed by atoms with Gasteiger partial charge < -0.3 is 59.2 Å². The van der Waals surface area contributed by atoms with Gasteiger partial charge in [-0.15, -0.1) is 11.6 Å². The molecule has 4 N–H and O–H groups in total. The number of alkyl halides is 1. The lowest BCUT2D eigenvalue weighted by Gasteiger charge is -2.29. The standard InChI is InChI=1S/C43H59ClN2O8S2.C37H46Cl2N2O8/c1-26(2)22-35-40(49)52-33(27(3)37-38(54-37)30-18-15-28(16-19-30)12-11-21-43(6,7)56-55-9)13-10-14-36(47)46-32(24-29-17-20-34(51-8)31(44)23-29)39(48)45-25-42(4,5)41(50)53-35;1-21(2)16-30-35(44)47-28(22(3)32-33(49-32)25-13-10-23(19-38)11-14-25)8-7-9-31(42)41-27(18-24-12-15-29(46-6)26(39)17-24)34(43)40-20-37(4,5)36(45)48-30/h10,14-20,23,26-27,32-33,35,37-38H,11-13,21-22,24-25H2,1-9H3,(H,45,48)(H,46,47);7,9-15,17,21-22,27-28,30,32-33H,8,16,18-20H2,1-6H3,(H,40,43)(H,41,42)/b14-10+;9-7+/t27-,32+,33-,35-,37+,38+;22-,27+,28-,30-,32+,33+/m00/s1. The van der Waals surface area contributed by atoms with E-state index in [-0.39, 0.29) is 104 Å². The highest BCUT2D eigenvalue weighted by Crippen LogP contribution is 2.47. The van der Waals surface area contributed by atoms with Crippen molar-refractivity contribution in [2.45, 2.75) is 212 Å². The Hall–Kier alpha value is -6.79. The van der Waals surface area contributed by atoms with Crippen LogP contribution in [0.2, 0.25) is 10.0 Å². The van der Waals surface area contributed by atoms with Crippen LogP contribution < -0.4 is 30.7 Å². The minimum Gasteiger partial charge on any atom is -0.495 e. The van der Waals surface area contributed by atoms with Gasteiger partial charge in [0, 0.05) is 61.2 Å². The van der Waals surface area contributed by atoms with Crippen LogP contribution in [-0.4, -0.2) is 135 Å². The molecule has 4 amide bonds. The zero-order chi connectivity index (χ0) is 77.1. The molecule has 105 heavy (non-hydrogen) atoms. The largest absolute Gasteiger partial charge is 0.495 e. The van der Waals surface area contributed by atoms with E-state index in [1.54, 1.807) is 87.0 Å². The number of rotatable bonds is 23. The molecule has 4 aliphatic heterocycles. The number of cyclic esters (lactones) is 4. The first kappa shape index (κ1) is 85.5. The number of benzene rings is 4. The third kappa shape index (κ3) is 26.0. The lowest BCUT2D eigenvalue weighted by atomic mass is 9.92. The van der Waals surface area contributed by atoms with Crippen LogP contribution in [-0.2, 0) is 91.9 Å². The van der Waals surface area contributed by atoms with Gasteiger partial charge in [0.15, 0.2) is 12.2 Å². The number of aryl methyl sites for hydroxylation is 1. The van der Waals surface area contributed by atoms with Crippen molar-refractivity contribution in [2.24, 2.45) is 34.5 Å². The van der Waals surface area contributed by atoms with E-state index < -0.39 is 94.8 Å². The number of esters is 4. The van der Waals surface area contributed by atoms with Crippen molar-refractivity contribution in [3.8, 4) is 11.5 Å². The van der Waals surface area contributed by atoms with E-state index in [0.717, 1.165) is 36.0 Å². The third-order valence-electron chi connectivity index (χ3n) is 18.9. The summed E-state index contributed by atoms with van der Waals surface area (Å²) in [4.78, 5) is 108. The van der Waals surface area contributed by atoms with Crippen molar-refractivity contribution < 1.29 is 76.3 Å². The predicted molar refractivity (Wildman–Crippen MR) is 411 cm³/mol. The van der Waals surface area contributed by atoms with Gasteiger partial charge in [-0.2, -0.15) is 0 Å². The topological polar surface area (TPSA) is 265 Å². The maximum atomic E-state index is 13.8. The van der Waals surface area contributed by atoms with Gasteiger partial charge in [0.25, 0.3) is 0 Å². The average Bonchev–Trinajstić information content (AvgIpc) is 1.64. The first-order valence-electron chi connectivity index (χ1n) is 35.9. The Balaban J connectivity index is 0.000000296. The minimum atomic E-state index is -1.21. The fourth-order valence-electron chi connectivity index (χ4n) is 12.3. The summed E-state index contributed by atoms with van der Waals surface area (Å²) in [6.45, 7) is 22.4. The summed E-state index contributed by atoms with van der Waals surface area (Å²) >= 11 is 18.6. The molecule has 574 valence electrons. The lowest BCUT2D eigenvalue weighted by Crippen LogP contribution is -2.51. The molecule has 0 saturated carbocycles. The van der Waals surface area contributed by atoms with Gasteiger partial charge in [-0.1, -0.05) is 159 Å². The number of ether oxygens (including phenoxy) is 8. The molecule has 20 nitrogen and oxygen atoms in total. The SMILES string of the molecule is COc1ccc(C[C@H]2NC(=O)/C=C/C[C@@H]([C@H](C)[C@H]3O[C@@H]3c3ccc(CCCC(C)(C)SSC)cc3)OC(=O)[C@H](CC(C)C)OC(=O)C(C)(C)CNC2=O)cc1Cl.COc1ccc(C[C@H]2NC(=O)/C=C/C[C@@H]([C@H](C)[C@H]3O[C@@H]3c3ccc(CCl)cc3)OC(=O)[C@H](CC(C)C)OC(=O)C(C)(C)CNC2=O)cc1Cl. The number of halogens is 3. The van der Waals surface area contributed by atoms with E-state index >= 15 is 0 Å². The number of hydrogen-bond donors (Lipinski definition) is 4. The second-order valence-corrected chi connectivity index (χ2v) is 34.4. The maximum Gasteiger partial charge on any atom is 0.347 e. The molecule has 4 aromatic rings. The number of amides is 4. The highest BCUT2D eigenvalue weighted by molar-refractivity contribution is 8.76. The number of nitrogens with one attached hydrogen (secondary N) is 4. The van der Waals surface area contributed by atoms with Gasteiger partial charge in [0.1, 0.15) is 48.0 Å². The van der Waals surface area contributed by atoms with Gasteiger partial charge in [-0.05, 0) is 162 Å². The average molecular weight is 1550 g/mol. The minimum absolute atomic E-state index is 0.0116. The molecule has 12 atom stereocenters. The Morgan fingerprint density at radius 3 is 1.31 bits per heavy atom. The molecule has 0 bridgehead atoms. The molecule has 0 spiro atoms. The van der Waals surface area contributed by atoms with Gasteiger partial charge in [-0.3, -0.25) is 28.8 Å². The van der Waals surface area contributed by atoms with Crippen LogP contribution in [0.1, 0.15) is 167 Å². The third-order valence-corrected chi connectivity index (χ3v) is 22.5. The Kier molecular flexibility index (Phi) is 32.0. The Morgan fingerprint density at radius 1 is 0.562 bits per heavy atom. The molecule has 25 heteroatoms. The number of hydrogen-bond acceptors (Lipinski definition) is 18. The van der Waals surface area contributed by atoms with Gasteiger partial charge in [0.2, 0.25) is 23.6 Å². The molecule has 4 heterocycles. The molecular formula is C80H105Cl3N4O16S2. The zero-order valence-corrected chi connectivity index (χ0v) is 66.8. The number of epoxide rings is 2. The van der Waals surface area contributed by atoms with E-state index in [0.29, 0.717) is 38.6 Å². The van der Waals surface area contributed by atoms with Crippen molar-refractivity contribution in [1.29, 1.82) is 0 Å². The summed E-state index contributed by atoms with van der Waals surface area (Å²) in [7, 11) is 6.74. The quantitative estimate of drug-likeness (QED) is 0.0177. The van der Waals surface area contributed by atoms with E-state index in [9.17, 15) is 38.4 Å². The smallest absolute Gasteiger partial charge is 0.347 e. The number of carbonyl (C=O) groups is 8. The summed E-state index contributed by atoms with van der Waals surface area (Å²) in [5.74, 6) is -3.81. The van der Waals surface area contributed by atoms with Crippen LogP contribution in [0.5, 0.6) is 11.5 Å². The summed E-state index contributed by atoms with van der Waals surface area (Å²) in [5.41, 5.74) is 3.28. The fraction of sp³-hybridized carbons (Fsp3) is 0.550. The fourth-order valence-corrected chi connectivity index (χ4v) is 15.3. The highest BCUT2D eigenvalue weighted by atomic mass is 35.5. The molecule has 2 fully saturated rings. The number of methoxy groups -OCH3 is 2. The summed E-state index contributed by atoms with van der Waals surface area (Å²) in [6, 6.07) is 24.6. The van der Waals surface area contributed by atoms with Gasteiger partial charge in [-0.25, -0.2) is 9.59 Å². The van der Waals surface area contributed by atoms with Crippen molar-refractivity contribution in [1.82, 2.24) is 21.3 Å². The number of carbonyl (C=O) groups excluding carboxylic acids is 8. The van der Waals surface area contributed by atoms with E-state index in [1.807, 2.05) is 76.6 Å². The van der Waals surface area contributed by atoms with Crippen molar-refractivity contribution >= 4 is 104 Å². The van der Waals surface area contributed by atoms with Crippen molar-refractivity contribution in [3.05, 3.63) is 153 Å². The van der Waals surface area contributed by atoms with Crippen LogP contribution in [0.25, 0.3) is 0 Å². The first-order valence-corrected chi connectivity index (χ1v) is 39.7. The summed E-state index contributed by atoms with van der Waals surface area (Å²) in [6.07, 6.45) is 7.82. The molecule has 0 aromatic heterocycles. The van der Waals surface area contributed by atoms with E-state index in [2.05, 4.69) is 65.6 Å².